The minimum Gasteiger partial charge on any atom is -0.326 e. The summed E-state index contributed by atoms with van der Waals surface area (Å²) in [7, 11) is 0. The van der Waals surface area contributed by atoms with Crippen molar-refractivity contribution in [3.8, 4) is 0 Å². The molecular formula is C22H17ClN2O. The molecule has 0 radical (unpaired) electrons. The van der Waals surface area contributed by atoms with Crippen LogP contribution in [0.3, 0.4) is 0 Å². The quantitative estimate of drug-likeness (QED) is 0.696. The lowest BCUT2D eigenvalue weighted by atomic mass is 9.92. The molecule has 2 heterocycles. The lowest BCUT2D eigenvalue weighted by Crippen LogP contribution is -2.18. The van der Waals surface area contributed by atoms with E-state index in [1.165, 1.54) is 0 Å². The molecule has 1 N–H and O–H groups in total. The fourth-order valence-corrected chi connectivity index (χ4v) is 3.27. The van der Waals surface area contributed by atoms with E-state index in [-0.39, 0.29) is 5.91 Å². The second-order valence-corrected chi connectivity index (χ2v) is 6.71. The number of aromatic nitrogens is 1. The SMILES string of the molecule is O=C1CCc2cc(/C(=C\c3cccnc3)c3ccc(Cl)cc3)ccc2N1. The molecule has 1 aliphatic rings. The average Bonchev–Trinajstić information content (AvgIpc) is 2.67. The first kappa shape index (κ1) is 16.6. The monoisotopic (exact) mass is 360 g/mol. The molecule has 26 heavy (non-hydrogen) atoms. The van der Waals surface area contributed by atoms with Crippen molar-refractivity contribution in [2.45, 2.75) is 12.8 Å². The van der Waals surface area contributed by atoms with E-state index < -0.39 is 0 Å². The molecule has 0 spiro atoms. The number of pyridine rings is 1. The smallest absolute Gasteiger partial charge is 0.224 e. The number of benzene rings is 2. The maximum atomic E-state index is 11.6. The fourth-order valence-electron chi connectivity index (χ4n) is 3.14. The van der Waals surface area contributed by atoms with Crippen molar-refractivity contribution in [2.75, 3.05) is 5.32 Å². The summed E-state index contributed by atoms with van der Waals surface area (Å²) in [6, 6.07) is 18.0. The lowest BCUT2D eigenvalue weighted by molar-refractivity contribution is -0.116. The van der Waals surface area contributed by atoms with Gasteiger partial charge in [-0.15, -0.1) is 0 Å². The Balaban J connectivity index is 1.82. The zero-order valence-corrected chi connectivity index (χ0v) is 14.8. The van der Waals surface area contributed by atoms with Gasteiger partial charge in [-0.2, -0.15) is 0 Å². The van der Waals surface area contributed by atoms with Gasteiger partial charge in [0, 0.05) is 29.5 Å². The van der Waals surface area contributed by atoms with Crippen molar-refractivity contribution >= 4 is 34.8 Å². The highest BCUT2D eigenvalue weighted by molar-refractivity contribution is 6.30. The van der Waals surface area contributed by atoms with E-state index in [1.54, 1.807) is 6.20 Å². The van der Waals surface area contributed by atoms with Gasteiger partial charge in [-0.3, -0.25) is 9.78 Å². The predicted octanol–water partition coefficient (Wildman–Crippen LogP) is 5.21. The van der Waals surface area contributed by atoms with E-state index >= 15 is 0 Å². The molecule has 0 saturated carbocycles. The molecular weight excluding hydrogens is 344 g/mol. The van der Waals surface area contributed by atoms with Crippen LogP contribution in [-0.4, -0.2) is 10.9 Å². The minimum atomic E-state index is 0.0778. The molecule has 1 amide bonds. The minimum absolute atomic E-state index is 0.0778. The summed E-state index contributed by atoms with van der Waals surface area (Å²) in [6.07, 6.45) is 7.02. The van der Waals surface area contributed by atoms with Gasteiger partial charge in [0.25, 0.3) is 0 Å². The molecule has 3 nitrogen and oxygen atoms in total. The van der Waals surface area contributed by atoms with E-state index in [0.717, 1.165) is 39.9 Å². The maximum Gasteiger partial charge on any atom is 0.224 e. The van der Waals surface area contributed by atoms with Crippen LogP contribution in [0, 0.1) is 0 Å². The van der Waals surface area contributed by atoms with Gasteiger partial charge in [0.15, 0.2) is 0 Å². The van der Waals surface area contributed by atoms with E-state index in [0.29, 0.717) is 11.4 Å². The number of hydrogen-bond donors (Lipinski definition) is 1. The van der Waals surface area contributed by atoms with Crippen LogP contribution in [-0.2, 0) is 11.2 Å². The Morgan fingerprint density at radius 3 is 2.62 bits per heavy atom. The van der Waals surface area contributed by atoms with Crippen LogP contribution in [0.2, 0.25) is 5.02 Å². The van der Waals surface area contributed by atoms with Crippen LogP contribution < -0.4 is 5.32 Å². The molecule has 2 aromatic carbocycles. The van der Waals surface area contributed by atoms with Crippen LogP contribution >= 0.6 is 11.6 Å². The number of carbonyl (C=O) groups is 1. The van der Waals surface area contributed by atoms with Crippen LogP contribution in [0.4, 0.5) is 5.69 Å². The molecule has 0 unspecified atom stereocenters. The van der Waals surface area contributed by atoms with Gasteiger partial charge in [-0.25, -0.2) is 0 Å². The third-order valence-electron chi connectivity index (χ3n) is 4.46. The fraction of sp³-hybridized carbons (Fsp3) is 0.0909. The van der Waals surface area contributed by atoms with Crippen LogP contribution in [0.15, 0.2) is 67.0 Å². The summed E-state index contributed by atoms with van der Waals surface area (Å²) in [5.74, 6) is 0.0778. The first-order chi connectivity index (χ1) is 12.7. The Labute approximate surface area is 157 Å². The van der Waals surface area contributed by atoms with Gasteiger partial charge < -0.3 is 5.32 Å². The maximum absolute atomic E-state index is 11.6. The van der Waals surface area contributed by atoms with Crippen molar-refractivity contribution in [1.82, 2.24) is 4.98 Å². The van der Waals surface area contributed by atoms with Crippen molar-refractivity contribution in [3.63, 3.8) is 0 Å². The average molecular weight is 361 g/mol. The molecule has 128 valence electrons. The van der Waals surface area contributed by atoms with E-state index in [1.807, 2.05) is 54.7 Å². The standard InChI is InChI=1S/C22H17ClN2O/c23-19-7-3-16(4-8-19)20(12-15-2-1-11-24-14-15)17-5-9-21-18(13-17)6-10-22(26)25-21/h1-5,7-9,11-14H,6,10H2,(H,25,26)/b20-12-. The van der Waals surface area contributed by atoms with Crippen molar-refractivity contribution in [3.05, 3.63) is 94.3 Å². The number of fused-ring (bicyclic) bond motifs is 1. The first-order valence-electron chi connectivity index (χ1n) is 8.50. The first-order valence-corrected chi connectivity index (χ1v) is 8.88. The van der Waals surface area contributed by atoms with Crippen molar-refractivity contribution in [1.29, 1.82) is 0 Å². The van der Waals surface area contributed by atoms with Crippen molar-refractivity contribution in [2.24, 2.45) is 0 Å². The molecule has 4 heteroatoms. The summed E-state index contributed by atoms with van der Waals surface area (Å²) in [6.45, 7) is 0. The highest BCUT2D eigenvalue weighted by atomic mass is 35.5. The Kier molecular flexibility index (Phi) is 4.55. The van der Waals surface area contributed by atoms with Gasteiger partial charge in [0.05, 0.1) is 0 Å². The largest absolute Gasteiger partial charge is 0.326 e. The van der Waals surface area contributed by atoms with E-state index in [9.17, 15) is 4.79 Å². The molecule has 1 aliphatic heterocycles. The molecule has 1 aromatic heterocycles. The van der Waals surface area contributed by atoms with Crippen molar-refractivity contribution < 1.29 is 4.79 Å². The normalized spacial score (nSPS) is 13.9. The van der Waals surface area contributed by atoms with E-state index in [2.05, 4.69) is 22.4 Å². The second kappa shape index (κ2) is 7.14. The third-order valence-corrected chi connectivity index (χ3v) is 4.71. The molecule has 0 saturated heterocycles. The summed E-state index contributed by atoms with van der Waals surface area (Å²) in [5, 5.41) is 3.65. The summed E-state index contributed by atoms with van der Waals surface area (Å²) >= 11 is 6.06. The molecule has 0 atom stereocenters. The molecule has 4 rings (SSSR count). The number of halogens is 1. The summed E-state index contributed by atoms with van der Waals surface area (Å²) in [5.41, 5.74) is 6.37. The Morgan fingerprint density at radius 2 is 1.85 bits per heavy atom. The van der Waals surface area contributed by atoms with Crippen LogP contribution in [0.1, 0.15) is 28.7 Å². The molecule has 0 bridgehead atoms. The highest BCUT2D eigenvalue weighted by Gasteiger charge is 2.16. The topological polar surface area (TPSA) is 42.0 Å². The number of anilines is 1. The third kappa shape index (κ3) is 3.53. The van der Waals surface area contributed by atoms with Gasteiger partial charge >= 0.3 is 0 Å². The summed E-state index contributed by atoms with van der Waals surface area (Å²) < 4.78 is 0. The van der Waals surface area contributed by atoms with Gasteiger partial charge in [0.2, 0.25) is 5.91 Å². The van der Waals surface area contributed by atoms with Crippen LogP contribution in [0.5, 0.6) is 0 Å². The Bertz CT molecular complexity index is 979. The number of rotatable bonds is 3. The molecule has 0 fully saturated rings. The van der Waals surface area contributed by atoms with Gasteiger partial charge in [0.1, 0.15) is 0 Å². The number of nitrogens with one attached hydrogen (secondary N) is 1. The second-order valence-electron chi connectivity index (χ2n) is 6.27. The number of hydrogen-bond acceptors (Lipinski definition) is 2. The zero-order valence-electron chi connectivity index (χ0n) is 14.1. The molecule has 0 aliphatic carbocycles. The summed E-state index contributed by atoms with van der Waals surface area (Å²) in [4.78, 5) is 15.8. The van der Waals surface area contributed by atoms with Crippen LogP contribution in [0.25, 0.3) is 11.6 Å². The lowest BCUT2D eigenvalue weighted by Gasteiger charge is -2.19. The number of aryl methyl sites for hydroxylation is 1. The number of nitrogens with zero attached hydrogens (tertiary/aromatic N) is 1. The number of carbonyl (C=O) groups excluding carboxylic acids is 1. The Morgan fingerprint density at radius 1 is 1.04 bits per heavy atom. The van der Waals surface area contributed by atoms with Gasteiger partial charge in [-0.05, 0) is 70.7 Å². The number of amides is 1. The zero-order chi connectivity index (χ0) is 17.9. The Hall–Kier alpha value is -2.91. The highest BCUT2D eigenvalue weighted by Crippen LogP contribution is 2.31. The predicted molar refractivity (Wildman–Crippen MR) is 106 cm³/mol. The van der Waals surface area contributed by atoms with Gasteiger partial charge in [-0.1, -0.05) is 35.9 Å². The van der Waals surface area contributed by atoms with E-state index in [4.69, 9.17) is 11.6 Å². The molecule has 3 aromatic rings.